The molecule has 1 amide bonds. The highest BCUT2D eigenvalue weighted by Gasteiger charge is 2.36. The monoisotopic (exact) mass is 280 g/mol. The van der Waals surface area contributed by atoms with Crippen LogP contribution in [0.25, 0.3) is 0 Å². The van der Waals surface area contributed by atoms with E-state index in [1.807, 2.05) is 4.90 Å². The molecular weight excluding hydrogens is 259 g/mol. The van der Waals surface area contributed by atoms with Gasteiger partial charge in [0.2, 0.25) is 5.91 Å². The molecule has 1 fully saturated rings. The summed E-state index contributed by atoms with van der Waals surface area (Å²) in [6.45, 7) is 2.91. The maximum atomic E-state index is 13.0. The number of halogens is 1. The molecule has 1 aromatic carbocycles. The van der Waals surface area contributed by atoms with E-state index in [-0.39, 0.29) is 23.9 Å². The number of benzene rings is 1. The van der Waals surface area contributed by atoms with Crippen LogP contribution in [0.1, 0.15) is 31.5 Å². The molecule has 1 aliphatic rings. The third kappa shape index (κ3) is 3.16. The van der Waals surface area contributed by atoms with Gasteiger partial charge in [0.15, 0.2) is 0 Å². The van der Waals surface area contributed by atoms with Crippen LogP contribution in [-0.4, -0.2) is 37.1 Å². The van der Waals surface area contributed by atoms with E-state index in [1.165, 1.54) is 12.1 Å². The summed E-state index contributed by atoms with van der Waals surface area (Å²) in [6, 6.07) is 6.32. The van der Waals surface area contributed by atoms with Crippen LogP contribution >= 0.6 is 0 Å². The number of methoxy groups -OCH3 is 1. The second kappa shape index (κ2) is 6.81. The molecule has 0 bridgehead atoms. The molecule has 0 aromatic heterocycles. The van der Waals surface area contributed by atoms with Crippen molar-refractivity contribution in [3.05, 3.63) is 35.6 Å². The first-order chi connectivity index (χ1) is 9.67. The third-order valence-electron chi connectivity index (χ3n) is 3.57. The molecule has 2 atom stereocenters. The van der Waals surface area contributed by atoms with E-state index in [1.54, 1.807) is 19.2 Å². The minimum absolute atomic E-state index is 0.0440. The van der Waals surface area contributed by atoms with Crippen LogP contribution in [-0.2, 0) is 9.53 Å². The van der Waals surface area contributed by atoms with Crippen molar-refractivity contribution in [3.63, 3.8) is 0 Å². The summed E-state index contributed by atoms with van der Waals surface area (Å²) in [5.74, 6) is -0.207. The second-order valence-corrected chi connectivity index (χ2v) is 5.03. The lowest BCUT2D eigenvalue weighted by molar-refractivity contribution is -0.131. The van der Waals surface area contributed by atoms with Crippen LogP contribution in [0.2, 0.25) is 0 Å². The van der Waals surface area contributed by atoms with Gasteiger partial charge < -0.3 is 9.64 Å². The normalized spacial score (nSPS) is 20.4. The maximum absolute atomic E-state index is 13.0. The van der Waals surface area contributed by atoms with Crippen molar-refractivity contribution in [2.45, 2.75) is 32.0 Å². The Morgan fingerprint density at radius 2 is 2.15 bits per heavy atom. The Kier molecular flexibility index (Phi) is 5.09. The average Bonchev–Trinajstić information content (AvgIpc) is 2.81. The van der Waals surface area contributed by atoms with Crippen molar-refractivity contribution < 1.29 is 13.9 Å². The molecule has 1 aliphatic heterocycles. The molecule has 2 rings (SSSR count). The van der Waals surface area contributed by atoms with Crippen LogP contribution in [0.5, 0.6) is 0 Å². The molecule has 0 radical (unpaired) electrons. The number of carbonyl (C=O) groups excluding carboxylic acids is 1. The van der Waals surface area contributed by atoms with Gasteiger partial charge in [-0.3, -0.25) is 10.1 Å². The number of ether oxygens (including phenoxy) is 1. The molecule has 0 spiro atoms. The molecule has 2 unspecified atom stereocenters. The summed E-state index contributed by atoms with van der Waals surface area (Å²) in [5, 5.41) is 3.19. The predicted molar refractivity (Wildman–Crippen MR) is 74.6 cm³/mol. The van der Waals surface area contributed by atoms with E-state index in [9.17, 15) is 9.18 Å². The van der Waals surface area contributed by atoms with E-state index in [0.717, 1.165) is 18.4 Å². The highest BCUT2D eigenvalue weighted by molar-refractivity contribution is 5.81. The van der Waals surface area contributed by atoms with Crippen LogP contribution in [0, 0.1) is 5.82 Å². The smallest absolute Gasteiger partial charge is 0.238 e. The van der Waals surface area contributed by atoms with Gasteiger partial charge in [-0.05, 0) is 24.1 Å². The van der Waals surface area contributed by atoms with Gasteiger partial charge in [0.05, 0.1) is 19.2 Å². The Labute approximate surface area is 118 Å². The zero-order chi connectivity index (χ0) is 14.5. The SMILES string of the molecule is CCCC(COC)N1C(=O)CNC1c1ccc(F)cc1. The Balaban J connectivity index is 2.22. The molecule has 1 N–H and O–H groups in total. The zero-order valence-electron chi connectivity index (χ0n) is 11.9. The number of nitrogens with one attached hydrogen (secondary N) is 1. The summed E-state index contributed by atoms with van der Waals surface area (Å²) in [4.78, 5) is 14.0. The molecule has 5 heteroatoms. The van der Waals surface area contributed by atoms with Crippen molar-refractivity contribution in [1.82, 2.24) is 10.2 Å². The largest absolute Gasteiger partial charge is 0.383 e. The van der Waals surface area contributed by atoms with Gasteiger partial charge in [0.1, 0.15) is 12.0 Å². The molecular formula is C15H21FN2O2. The van der Waals surface area contributed by atoms with Gasteiger partial charge in [0.25, 0.3) is 0 Å². The number of amides is 1. The van der Waals surface area contributed by atoms with Crippen molar-refractivity contribution in [1.29, 1.82) is 0 Å². The lowest BCUT2D eigenvalue weighted by atomic mass is 10.1. The van der Waals surface area contributed by atoms with E-state index in [0.29, 0.717) is 13.2 Å². The minimum atomic E-state index is -0.272. The molecule has 1 aromatic rings. The minimum Gasteiger partial charge on any atom is -0.383 e. The number of nitrogens with zero attached hydrogens (tertiary/aromatic N) is 1. The van der Waals surface area contributed by atoms with E-state index in [2.05, 4.69) is 12.2 Å². The van der Waals surface area contributed by atoms with Crippen LogP contribution in [0.3, 0.4) is 0 Å². The van der Waals surface area contributed by atoms with E-state index in [4.69, 9.17) is 4.74 Å². The standard InChI is InChI=1S/C15H21FN2O2/c1-3-4-13(10-20-2)18-14(19)9-17-15(18)11-5-7-12(16)8-6-11/h5-8,13,15,17H,3-4,9-10H2,1-2H3. The topological polar surface area (TPSA) is 41.6 Å². The number of carbonyl (C=O) groups is 1. The first kappa shape index (κ1) is 14.9. The highest BCUT2D eigenvalue weighted by Crippen LogP contribution is 2.26. The molecule has 0 aliphatic carbocycles. The Bertz CT molecular complexity index is 444. The lowest BCUT2D eigenvalue weighted by Crippen LogP contribution is -2.42. The predicted octanol–water partition coefficient (Wildman–Crippen LogP) is 2.07. The fourth-order valence-corrected chi connectivity index (χ4v) is 2.68. The highest BCUT2D eigenvalue weighted by atomic mass is 19.1. The van der Waals surface area contributed by atoms with Gasteiger partial charge in [-0.15, -0.1) is 0 Å². The Morgan fingerprint density at radius 1 is 1.45 bits per heavy atom. The van der Waals surface area contributed by atoms with Gasteiger partial charge in [-0.1, -0.05) is 25.5 Å². The van der Waals surface area contributed by atoms with E-state index < -0.39 is 0 Å². The van der Waals surface area contributed by atoms with Crippen molar-refractivity contribution >= 4 is 5.91 Å². The quantitative estimate of drug-likeness (QED) is 0.867. The first-order valence-electron chi connectivity index (χ1n) is 6.96. The molecule has 1 saturated heterocycles. The summed E-state index contributed by atoms with van der Waals surface area (Å²) < 4.78 is 18.3. The molecule has 4 nitrogen and oxygen atoms in total. The molecule has 20 heavy (non-hydrogen) atoms. The Morgan fingerprint density at radius 3 is 2.75 bits per heavy atom. The number of rotatable bonds is 6. The Hall–Kier alpha value is -1.46. The number of hydrogen-bond donors (Lipinski definition) is 1. The van der Waals surface area contributed by atoms with Crippen molar-refractivity contribution in [2.24, 2.45) is 0 Å². The second-order valence-electron chi connectivity index (χ2n) is 5.03. The van der Waals surface area contributed by atoms with Crippen LogP contribution < -0.4 is 5.32 Å². The van der Waals surface area contributed by atoms with Gasteiger partial charge in [-0.25, -0.2) is 4.39 Å². The summed E-state index contributed by atoms with van der Waals surface area (Å²) >= 11 is 0. The third-order valence-corrected chi connectivity index (χ3v) is 3.57. The van der Waals surface area contributed by atoms with Crippen molar-refractivity contribution in [3.8, 4) is 0 Å². The van der Waals surface area contributed by atoms with Crippen LogP contribution in [0.4, 0.5) is 4.39 Å². The average molecular weight is 280 g/mol. The van der Waals surface area contributed by atoms with Gasteiger partial charge in [-0.2, -0.15) is 0 Å². The molecule has 0 saturated carbocycles. The van der Waals surface area contributed by atoms with Crippen LogP contribution in [0.15, 0.2) is 24.3 Å². The summed E-state index contributed by atoms with van der Waals surface area (Å²) in [7, 11) is 1.64. The summed E-state index contributed by atoms with van der Waals surface area (Å²) in [5.41, 5.74) is 0.898. The number of hydrogen-bond acceptors (Lipinski definition) is 3. The first-order valence-corrected chi connectivity index (χ1v) is 6.96. The maximum Gasteiger partial charge on any atom is 0.238 e. The van der Waals surface area contributed by atoms with E-state index >= 15 is 0 Å². The molecule has 1 heterocycles. The van der Waals surface area contributed by atoms with Gasteiger partial charge >= 0.3 is 0 Å². The zero-order valence-corrected chi connectivity index (χ0v) is 11.9. The van der Waals surface area contributed by atoms with Gasteiger partial charge in [0, 0.05) is 7.11 Å². The lowest BCUT2D eigenvalue weighted by Gasteiger charge is -2.32. The molecule has 110 valence electrons. The summed E-state index contributed by atoms with van der Waals surface area (Å²) in [6.07, 6.45) is 1.67. The fourth-order valence-electron chi connectivity index (χ4n) is 2.68. The fraction of sp³-hybridized carbons (Fsp3) is 0.533. The van der Waals surface area contributed by atoms with Crippen molar-refractivity contribution in [2.75, 3.05) is 20.3 Å².